The first kappa shape index (κ1) is 30.4. The fourth-order valence-corrected chi connectivity index (χ4v) is 10.1. The van der Waals surface area contributed by atoms with Gasteiger partial charge in [0.15, 0.2) is 0 Å². The Labute approximate surface area is 268 Å². The van der Waals surface area contributed by atoms with Crippen molar-refractivity contribution in [2.24, 2.45) is 5.92 Å². The summed E-state index contributed by atoms with van der Waals surface area (Å²) >= 11 is 8.52. The summed E-state index contributed by atoms with van der Waals surface area (Å²) in [5, 5.41) is 25.1. The lowest BCUT2D eigenvalue weighted by atomic mass is 9.91. The number of hydrogen-bond acceptors (Lipinski definition) is 8. The molecule has 0 spiro atoms. The van der Waals surface area contributed by atoms with Gasteiger partial charge in [-0.25, -0.2) is 4.98 Å². The van der Waals surface area contributed by atoms with Gasteiger partial charge in [-0.15, -0.1) is 56.7 Å². The van der Waals surface area contributed by atoms with Crippen LogP contribution in [0.4, 0.5) is 0 Å². The number of hydrogen-bond donors (Lipinski definition) is 0. The quantitative estimate of drug-likeness (QED) is 0.135. The molecule has 0 saturated carbocycles. The molecule has 8 heteroatoms. The number of aryl methyl sites for hydroxylation is 1. The van der Waals surface area contributed by atoms with Crippen LogP contribution < -0.4 is 0 Å². The van der Waals surface area contributed by atoms with E-state index in [4.69, 9.17) is 0 Å². The lowest BCUT2D eigenvalue weighted by molar-refractivity contribution is 0.721. The zero-order valence-electron chi connectivity index (χ0n) is 24.1. The van der Waals surface area contributed by atoms with Crippen LogP contribution in [0.15, 0.2) is 59.4 Å². The summed E-state index contributed by atoms with van der Waals surface area (Å²) in [5.41, 5.74) is 5.01. The highest BCUT2D eigenvalue weighted by molar-refractivity contribution is 7.27. The van der Waals surface area contributed by atoms with Crippen molar-refractivity contribution in [3.8, 4) is 31.6 Å². The molecule has 0 saturated heterocycles. The molecule has 0 fully saturated rings. The Hall–Kier alpha value is -3.11. The molecule has 212 valence electrons. The monoisotopic (exact) mass is 641 g/mol. The Morgan fingerprint density at radius 2 is 1.43 bits per heavy atom. The maximum absolute atomic E-state index is 10.3. The minimum Gasteiger partial charge on any atom is -0.244 e. The molecular formula is C34H31N3S5. The Bertz CT molecular complexity index is 1810. The molecule has 0 radical (unpaired) electrons. The molecule has 1 atom stereocenters. The number of thiazole rings is 1. The molecule has 0 aliphatic rings. The van der Waals surface area contributed by atoms with Gasteiger partial charge in [0, 0.05) is 45.7 Å². The molecule has 0 aliphatic heterocycles. The topological polar surface area (TPSA) is 60.5 Å². The zero-order valence-corrected chi connectivity index (χ0v) is 28.1. The van der Waals surface area contributed by atoms with E-state index >= 15 is 0 Å². The molecule has 0 aliphatic carbocycles. The lowest BCUT2D eigenvalue weighted by Crippen LogP contribution is -2.00. The molecule has 42 heavy (non-hydrogen) atoms. The number of thiophene rings is 4. The minimum absolute atomic E-state index is 0.287. The van der Waals surface area contributed by atoms with Gasteiger partial charge < -0.3 is 0 Å². The van der Waals surface area contributed by atoms with Crippen molar-refractivity contribution in [1.82, 2.24) is 4.98 Å². The molecule has 5 heterocycles. The molecule has 0 amide bonds. The van der Waals surface area contributed by atoms with Crippen molar-refractivity contribution in [3.63, 3.8) is 0 Å². The van der Waals surface area contributed by atoms with Crippen LogP contribution in [0, 0.1) is 28.6 Å². The van der Waals surface area contributed by atoms with Crippen LogP contribution in [0.2, 0.25) is 0 Å². The highest BCUT2D eigenvalue weighted by Crippen LogP contribution is 2.45. The Morgan fingerprint density at radius 3 is 2.02 bits per heavy atom. The largest absolute Gasteiger partial charge is 0.244 e. The summed E-state index contributed by atoms with van der Waals surface area (Å²) < 4.78 is 0. The maximum Gasteiger partial charge on any atom is 0.134 e. The molecule has 5 rings (SSSR count). The standard InChI is InChI=1S/C34H31N3S5/c1-5-8-23(24(19-35)34-37-16-18-39-34)26-9-10-27(40-26)28-11-12-29(41-28)30-13-14-31(42-30)32(21(4)6-2)25(20-36)33-22(7-3)15-17-38-33/h9-18,21H,5-8H2,1-4H3. The van der Waals surface area contributed by atoms with Gasteiger partial charge in [0.05, 0.1) is 11.1 Å². The number of allylic oxidation sites excluding steroid dienone is 4. The Kier molecular flexibility index (Phi) is 10.1. The van der Waals surface area contributed by atoms with Crippen LogP contribution in [0.1, 0.15) is 72.2 Å². The van der Waals surface area contributed by atoms with Crippen LogP contribution in [0.25, 0.3) is 41.8 Å². The second-order valence-corrected chi connectivity index (χ2v) is 14.9. The predicted octanol–water partition coefficient (Wildman–Crippen LogP) is 12.0. The summed E-state index contributed by atoms with van der Waals surface area (Å²) in [4.78, 5) is 12.7. The van der Waals surface area contributed by atoms with Gasteiger partial charge in [-0.05, 0) is 89.7 Å². The van der Waals surface area contributed by atoms with Crippen molar-refractivity contribution in [2.45, 2.75) is 53.4 Å². The molecule has 5 aromatic heterocycles. The summed E-state index contributed by atoms with van der Waals surface area (Å²) in [6, 6.07) is 20.3. The summed E-state index contributed by atoms with van der Waals surface area (Å²) in [6.07, 6.45) is 5.48. The highest BCUT2D eigenvalue weighted by atomic mass is 32.1. The van der Waals surface area contributed by atoms with Crippen molar-refractivity contribution >= 4 is 79.0 Å². The third-order valence-electron chi connectivity index (χ3n) is 7.27. The predicted molar refractivity (Wildman–Crippen MR) is 186 cm³/mol. The van der Waals surface area contributed by atoms with Crippen molar-refractivity contribution in [2.75, 3.05) is 0 Å². The van der Waals surface area contributed by atoms with Gasteiger partial charge in [0.2, 0.25) is 0 Å². The molecule has 0 aromatic carbocycles. The van der Waals surface area contributed by atoms with E-state index in [-0.39, 0.29) is 5.92 Å². The van der Waals surface area contributed by atoms with E-state index in [1.165, 1.54) is 41.3 Å². The van der Waals surface area contributed by atoms with E-state index in [1.54, 1.807) is 51.5 Å². The van der Waals surface area contributed by atoms with E-state index in [2.05, 4.69) is 92.7 Å². The molecule has 0 bridgehead atoms. The van der Waals surface area contributed by atoms with Gasteiger partial charge >= 0.3 is 0 Å². The van der Waals surface area contributed by atoms with E-state index < -0.39 is 0 Å². The fraction of sp³-hybridized carbons (Fsp3) is 0.265. The number of nitriles is 2. The van der Waals surface area contributed by atoms with Gasteiger partial charge in [0.1, 0.15) is 17.1 Å². The van der Waals surface area contributed by atoms with E-state index in [1.807, 2.05) is 5.38 Å². The van der Waals surface area contributed by atoms with Crippen LogP contribution in [0.5, 0.6) is 0 Å². The summed E-state index contributed by atoms with van der Waals surface area (Å²) in [5.74, 6) is 0.287. The second kappa shape index (κ2) is 13.9. The van der Waals surface area contributed by atoms with Gasteiger partial charge in [-0.3, -0.25) is 0 Å². The van der Waals surface area contributed by atoms with Crippen LogP contribution in [-0.2, 0) is 6.42 Å². The van der Waals surface area contributed by atoms with Crippen molar-refractivity contribution in [3.05, 3.63) is 84.6 Å². The molecular weight excluding hydrogens is 611 g/mol. The molecule has 0 N–H and O–H groups in total. The van der Waals surface area contributed by atoms with Crippen molar-refractivity contribution < 1.29 is 0 Å². The maximum atomic E-state index is 10.3. The average Bonchev–Trinajstić information content (AvgIpc) is 3.85. The summed E-state index contributed by atoms with van der Waals surface area (Å²) in [7, 11) is 0. The van der Waals surface area contributed by atoms with Gasteiger partial charge in [0.25, 0.3) is 0 Å². The van der Waals surface area contributed by atoms with E-state index in [0.717, 1.165) is 57.2 Å². The van der Waals surface area contributed by atoms with E-state index in [0.29, 0.717) is 5.57 Å². The smallest absolute Gasteiger partial charge is 0.134 e. The molecule has 3 nitrogen and oxygen atoms in total. The third-order valence-corrected chi connectivity index (χ3v) is 12.8. The minimum atomic E-state index is 0.287. The third kappa shape index (κ3) is 6.15. The number of aromatic nitrogens is 1. The first-order chi connectivity index (χ1) is 20.5. The zero-order chi connectivity index (χ0) is 29.6. The van der Waals surface area contributed by atoms with Gasteiger partial charge in [-0.2, -0.15) is 10.5 Å². The first-order valence-electron chi connectivity index (χ1n) is 14.1. The normalized spacial score (nSPS) is 13.3. The summed E-state index contributed by atoms with van der Waals surface area (Å²) in [6.45, 7) is 8.73. The van der Waals surface area contributed by atoms with Gasteiger partial charge in [-0.1, -0.05) is 34.1 Å². The SMILES string of the molecule is CCCC(=C(C#N)c1nccs1)c1ccc(-c2ccc(-c3ccc(C(=C(C#N)c4sccc4CC)C(C)CC)s3)s2)s1. The highest BCUT2D eigenvalue weighted by Gasteiger charge is 2.22. The van der Waals surface area contributed by atoms with Crippen LogP contribution in [-0.4, -0.2) is 4.98 Å². The Morgan fingerprint density at radius 1 is 0.786 bits per heavy atom. The average molecular weight is 642 g/mol. The Balaban J connectivity index is 1.48. The fourth-order valence-electron chi connectivity index (χ4n) is 4.95. The lowest BCUT2D eigenvalue weighted by Gasteiger charge is -2.16. The van der Waals surface area contributed by atoms with Crippen molar-refractivity contribution in [1.29, 1.82) is 10.5 Å². The van der Waals surface area contributed by atoms with Crippen LogP contribution in [0.3, 0.4) is 0 Å². The van der Waals surface area contributed by atoms with E-state index in [9.17, 15) is 10.5 Å². The number of rotatable bonds is 11. The molecule has 5 aromatic rings. The number of nitrogens with zero attached hydrogens (tertiary/aromatic N) is 3. The van der Waals surface area contributed by atoms with Crippen LogP contribution >= 0.6 is 56.7 Å². The first-order valence-corrected chi connectivity index (χ1v) is 18.3. The second-order valence-electron chi connectivity index (χ2n) is 9.88. The molecule has 1 unspecified atom stereocenters.